The summed E-state index contributed by atoms with van der Waals surface area (Å²) in [6, 6.07) is 0. The Bertz CT molecular complexity index is 104. The molecule has 4 heteroatoms. The molecule has 0 saturated carbocycles. The molecule has 0 rings (SSSR count). The van der Waals surface area contributed by atoms with E-state index in [0.29, 0.717) is 6.54 Å². The van der Waals surface area contributed by atoms with E-state index in [9.17, 15) is 4.91 Å². The van der Waals surface area contributed by atoms with Crippen LogP contribution >= 0.6 is 0 Å². The number of aliphatic hydroxyl groups excluding tert-OH is 1. The molecule has 0 fully saturated rings. The van der Waals surface area contributed by atoms with Gasteiger partial charge in [0.15, 0.2) is 0 Å². The van der Waals surface area contributed by atoms with Gasteiger partial charge in [0.05, 0.1) is 13.2 Å². The molecule has 0 aromatic carbocycles. The van der Waals surface area contributed by atoms with Crippen LogP contribution in [0.3, 0.4) is 0 Å². The highest BCUT2D eigenvalue weighted by Crippen LogP contribution is 2.00. The zero-order valence-corrected chi connectivity index (χ0v) is 6.42. The molecule has 0 atom stereocenters. The van der Waals surface area contributed by atoms with E-state index in [2.05, 4.69) is 10.5 Å². The Morgan fingerprint density at radius 2 is 2.20 bits per heavy atom. The first-order valence-electron chi connectivity index (χ1n) is 3.27. The van der Waals surface area contributed by atoms with Gasteiger partial charge in [-0.3, -0.25) is 0 Å². The van der Waals surface area contributed by atoms with Gasteiger partial charge in [0, 0.05) is 12.1 Å². The van der Waals surface area contributed by atoms with E-state index < -0.39 is 0 Å². The van der Waals surface area contributed by atoms with Crippen LogP contribution in [0.2, 0.25) is 0 Å². The van der Waals surface area contributed by atoms with Crippen molar-refractivity contribution in [3.05, 3.63) is 4.91 Å². The van der Waals surface area contributed by atoms with Crippen molar-refractivity contribution < 1.29 is 5.11 Å². The molecule has 0 amide bonds. The second kappa shape index (κ2) is 4.35. The average molecular weight is 146 g/mol. The SMILES string of the molecule is CC(C)(CN=O)NCCO. The molecular weight excluding hydrogens is 132 g/mol. The van der Waals surface area contributed by atoms with Crippen LogP contribution in [0.1, 0.15) is 13.8 Å². The van der Waals surface area contributed by atoms with Crippen molar-refractivity contribution in [3.8, 4) is 0 Å². The molecule has 2 N–H and O–H groups in total. The van der Waals surface area contributed by atoms with Gasteiger partial charge >= 0.3 is 0 Å². The minimum Gasteiger partial charge on any atom is -0.395 e. The first kappa shape index (κ1) is 9.52. The third-order valence-corrected chi connectivity index (χ3v) is 1.18. The summed E-state index contributed by atoms with van der Waals surface area (Å²) in [6.07, 6.45) is 0. The maximum Gasteiger partial charge on any atom is 0.0987 e. The van der Waals surface area contributed by atoms with E-state index in [1.54, 1.807) is 0 Å². The fourth-order valence-electron chi connectivity index (χ4n) is 0.612. The van der Waals surface area contributed by atoms with Gasteiger partial charge in [-0.1, -0.05) is 5.18 Å². The number of nitroso groups, excluding NO2 is 1. The molecule has 4 nitrogen and oxygen atoms in total. The monoisotopic (exact) mass is 146 g/mol. The van der Waals surface area contributed by atoms with E-state index >= 15 is 0 Å². The van der Waals surface area contributed by atoms with E-state index in [0.717, 1.165) is 0 Å². The number of β-amino-alcohol motifs (C(OH)–C–C–N with tert-alkyl or cyclic N) is 1. The van der Waals surface area contributed by atoms with Crippen molar-refractivity contribution in [2.45, 2.75) is 19.4 Å². The molecule has 0 aliphatic carbocycles. The summed E-state index contributed by atoms with van der Waals surface area (Å²) >= 11 is 0. The van der Waals surface area contributed by atoms with Gasteiger partial charge in [0.2, 0.25) is 0 Å². The highest BCUT2D eigenvalue weighted by Gasteiger charge is 2.15. The Labute approximate surface area is 60.6 Å². The molecule has 0 heterocycles. The molecule has 0 aromatic rings. The lowest BCUT2D eigenvalue weighted by Crippen LogP contribution is -2.43. The van der Waals surface area contributed by atoms with Crippen LogP contribution in [-0.2, 0) is 0 Å². The summed E-state index contributed by atoms with van der Waals surface area (Å²) < 4.78 is 0. The lowest BCUT2D eigenvalue weighted by atomic mass is 10.1. The van der Waals surface area contributed by atoms with Crippen LogP contribution in [0.15, 0.2) is 5.18 Å². The Kier molecular flexibility index (Phi) is 4.14. The predicted octanol–water partition coefficient (Wildman–Crippen LogP) is 0.113. The molecule has 0 spiro atoms. The third-order valence-electron chi connectivity index (χ3n) is 1.18. The van der Waals surface area contributed by atoms with Gasteiger partial charge in [-0.2, -0.15) is 4.91 Å². The molecule has 0 saturated heterocycles. The fourth-order valence-corrected chi connectivity index (χ4v) is 0.612. The lowest BCUT2D eigenvalue weighted by molar-refractivity contribution is 0.268. The van der Waals surface area contributed by atoms with Crippen LogP contribution in [-0.4, -0.2) is 30.3 Å². The van der Waals surface area contributed by atoms with Crippen LogP contribution < -0.4 is 5.32 Å². The largest absolute Gasteiger partial charge is 0.395 e. The Morgan fingerprint density at radius 3 is 2.60 bits per heavy atom. The normalized spacial score (nSPS) is 11.5. The van der Waals surface area contributed by atoms with E-state index in [1.165, 1.54) is 0 Å². The topological polar surface area (TPSA) is 61.7 Å². The summed E-state index contributed by atoms with van der Waals surface area (Å²) in [6.45, 7) is 4.55. The highest BCUT2D eigenvalue weighted by molar-refractivity contribution is 4.79. The number of hydrogen-bond acceptors (Lipinski definition) is 4. The van der Waals surface area contributed by atoms with Crippen LogP contribution in [0.5, 0.6) is 0 Å². The van der Waals surface area contributed by atoms with E-state index in [1.807, 2.05) is 13.8 Å². The lowest BCUT2D eigenvalue weighted by Gasteiger charge is -2.21. The summed E-state index contributed by atoms with van der Waals surface area (Å²) in [4.78, 5) is 9.83. The predicted molar refractivity (Wildman–Crippen MR) is 39.8 cm³/mol. The van der Waals surface area contributed by atoms with Gasteiger partial charge in [0.25, 0.3) is 0 Å². The summed E-state index contributed by atoms with van der Waals surface area (Å²) in [5, 5.41) is 14.2. The van der Waals surface area contributed by atoms with Crippen molar-refractivity contribution in [2.24, 2.45) is 5.18 Å². The van der Waals surface area contributed by atoms with E-state index in [4.69, 9.17) is 5.11 Å². The quantitative estimate of drug-likeness (QED) is 0.541. The number of nitrogens with one attached hydrogen (secondary N) is 1. The molecule has 0 aliphatic rings. The summed E-state index contributed by atoms with van der Waals surface area (Å²) in [5.74, 6) is 0. The molecule has 10 heavy (non-hydrogen) atoms. The number of nitrogens with zero attached hydrogens (tertiary/aromatic N) is 1. The smallest absolute Gasteiger partial charge is 0.0987 e. The molecule has 0 bridgehead atoms. The van der Waals surface area contributed by atoms with Gasteiger partial charge in [-0.05, 0) is 13.8 Å². The average Bonchev–Trinajstić information content (AvgIpc) is 1.84. The summed E-state index contributed by atoms with van der Waals surface area (Å²) in [7, 11) is 0. The van der Waals surface area contributed by atoms with Crippen molar-refractivity contribution in [2.75, 3.05) is 19.7 Å². The maximum atomic E-state index is 9.83. The van der Waals surface area contributed by atoms with Gasteiger partial charge in [-0.25, -0.2) is 0 Å². The van der Waals surface area contributed by atoms with Crippen LogP contribution in [0.25, 0.3) is 0 Å². The maximum absolute atomic E-state index is 9.83. The first-order chi connectivity index (χ1) is 4.62. The highest BCUT2D eigenvalue weighted by atomic mass is 16.3. The number of aliphatic hydroxyl groups is 1. The van der Waals surface area contributed by atoms with Gasteiger partial charge in [-0.15, -0.1) is 0 Å². The minimum absolute atomic E-state index is 0.0856. The fraction of sp³-hybridized carbons (Fsp3) is 1.00. The standard InChI is InChI=1S/C6H14N2O2/c1-6(2,5-8-10)7-3-4-9/h7,9H,3-5H2,1-2H3. The molecule has 0 aromatic heterocycles. The van der Waals surface area contributed by atoms with Crippen molar-refractivity contribution in [1.29, 1.82) is 0 Å². The van der Waals surface area contributed by atoms with Crippen molar-refractivity contribution in [1.82, 2.24) is 5.32 Å². The Hall–Kier alpha value is -0.480. The van der Waals surface area contributed by atoms with Gasteiger partial charge in [0.1, 0.15) is 0 Å². The second-order valence-corrected chi connectivity index (χ2v) is 2.82. The zero-order valence-electron chi connectivity index (χ0n) is 6.42. The van der Waals surface area contributed by atoms with Crippen LogP contribution in [0.4, 0.5) is 0 Å². The number of rotatable bonds is 5. The van der Waals surface area contributed by atoms with Crippen LogP contribution in [0, 0.1) is 4.91 Å². The second-order valence-electron chi connectivity index (χ2n) is 2.82. The molecular formula is C6H14N2O2. The molecule has 0 unspecified atom stereocenters. The van der Waals surface area contributed by atoms with Crippen molar-refractivity contribution in [3.63, 3.8) is 0 Å². The number of hydrogen-bond donors (Lipinski definition) is 2. The van der Waals surface area contributed by atoms with Crippen molar-refractivity contribution >= 4 is 0 Å². The molecule has 0 aliphatic heterocycles. The first-order valence-corrected chi connectivity index (χ1v) is 3.27. The van der Waals surface area contributed by atoms with E-state index in [-0.39, 0.29) is 18.7 Å². The summed E-state index contributed by atoms with van der Waals surface area (Å²) in [5.41, 5.74) is -0.287. The Morgan fingerprint density at radius 1 is 1.60 bits per heavy atom. The third kappa shape index (κ3) is 4.40. The van der Waals surface area contributed by atoms with Gasteiger partial charge < -0.3 is 10.4 Å². The zero-order chi connectivity index (χ0) is 8.04. The Balaban J connectivity index is 3.51. The minimum atomic E-state index is -0.287. The molecule has 60 valence electrons. The molecule has 0 radical (unpaired) electrons.